The molecule has 2 N–H and O–H groups in total. The Balaban J connectivity index is 1.99. The van der Waals surface area contributed by atoms with Gasteiger partial charge in [-0.1, -0.05) is 18.7 Å². The number of nitrogens with zero attached hydrogens (tertiary/aromatic N) is 3. The summed E-state index contributed by atoms with van der Waals surface area (Å²) in [5.74, 6) is 1.39. The van der Waals surface area contributed by atoms with Crippen molar-refractivity contribution >= 4 is 29.0 Å². The third-order valence-electron chi connectivity index (χ3n) is 2.28. The predicted octanol–water partition coefficient (Wildman–Crippen LogP) is 2.31. The van der Waals surface area contributed by atoms with Crippen LogP contribution in [0, 0.1) is 0 Å². The number of nitrogen functional groups attached to an aromatic ring is 1. The number of thiophene rings is 1. The highest BCUT2D eigenvalue weighted by Crippen LogP contribution is 2.26. The maximum atomic E-state index is 5.61. The molecule has 0 aromatic carbocycles. The molecule has 6 heteroatoms. The Labute approximate surface area is 103 Å². The molecule has 0 aliphatic carbocycles. The lowest BCUT2D eigenvalue weighted by molar-refractivity contribution is 0.796. The summed E-state index contributed by atoms with van der Waals surface area (Å²) in [5.41, 5.74) is 5.61. The van der Waals surface area contributed by atoms with Crippen LogP contribution in [0.1, 0.15) is 16.7 Å². The Morgan fingerprint density at radius 3 is 2.69 bits per heavy atom. The molecule has 86 valence electrons. The minimum absolute atomic E-state index is 0.461. The number of anilines is 1. The van der Waals surface area contributed by atoms with Gasteiger partial charge in [-0.25, -0.2) is 0 Å². The molecule has 0 amide bonds. The van der Waals surface area contributed by atoms with Crippen LogP contribution in [0.2, 0.25) is 0 Å². The molecule has 0 atom stereocenters. The van der Waals surface area contributed by atoms with Crippen LogP contribution in [-0.4, -0.2) is 14.8 Å². The van der Waals surface area contributed by atoms with Gasteiger partial charge in [0.2, 0.25) is 5.95 Å². The maximum absolute atomic E-state index is 5.61. The molecule has 0 fully saturated rings. The number of thioether (sulfide) groups is 1. The molecule has 0 bridgehead atoms. The van der Waals surface area contributed by atoms with E-state index in [0.29, 0.717) is 5.95 Å². The van der Waals surface area contributed by atoms with Crippen LogP contribution in [-0.2, 0) is 19.2 Å². The molecule has 0 radical (unpaired) electrons. The number of nitrogens with two attached hydrogens (primary N) is 1. The van der Waals surface area contributed by atoms with Crippen LogP contribution in [0.15, 0.2) is 17.3 Å². The molecule has 0 spiro atoms. The third kappa shape index (κ3) is 2.38. The number of aryl methyl sites for hydroxylation is 1. The van der Waals surface area contributed by atoms with Crippen molar-refractivity contribution < 1.29 is 0 Å². The van der Waals surface area contributed by atoms with Crippen LogP contribution < -0.4 is 5.73 Å². The van der Waals surface area contributed by atoms with Crippen molar-refractivity contribution in [1.82, 2.24) is 14.8 Å². The topological polar surface area (TPSA) is 56.7 Å². The lowest BCUT2D eigenvalue weighted by Gasteiger charge is -1.99. The van der Waals surface area contributed by atoms with Crippen LogP contribution in [0.4, 0.5) is 5.95 Å². The number of hydrogen-bond acceptors (Lipinski definition) is 5. The van der Waals surface area contributed by atoms with Gasteiger partial charge in [0.15, 0.2) is 5.16 Å². The maximum Gasteiger partial charge on any atom is 0.222 e. The second kappa shape index (κ2) is 4.88. The summed E-state index contributed by atoms with van der Waals surface area (Å²) in [6.07, 6.45) is 1.10. The van der Waals surface area contributed by atoms with Gasteiger partial charge in [-0.05, 0) is 18.6 Å². The van der Waals surface area contributed by atoms with E-state index in [9.17, 15) is 0 Å². The molecule has 16 heavy (non-hydrogen) atoms. The highest BCUT2D eigenvalue weighted by atomic mass is 32.2. The second-order valence-corrected chi connectivity index (χ2v) is 5.61. The monoisotopic (exact) mass is 254 g/mol. The average Bonchev–Trinajstić information content (AvgIpc) is 2.86. The second-order valence-electron chi connectivity index (χ2n) is 3.41. The van der Waals surface area contributed by atoms with Crippen LogP contribution in [0.5, 0.6) is 0 Å². The van der Waals surface area contributed by atoms with E-state index < -0.39 is 0 Å². The van der Waals surface area contributed by atoms with Crippen molar-refractivity contribution in [2.75, 3.05) is 5.73 Å². The Hall–Kier alpha value is -1.01. The van der Waals surface area contributed by atoms with Gasteiger partial charge in [0.05, 0.1) is 0 Å². The van der Waals surface area contributed by atoms with E-state index in [0.717, 1.165) is 17.3 Å². The summed E-state index contributed by atoms with van der Waals surface area (Å²) < 4.78 is 1.80. The molecule has 0 aliphatic heterocycles. The van der Waals surface area contributed by atoms with E-state index >= 15 is 0 Å². The summed E-state index contributed by atoms with van der Waals surface area (Å²) in [6.45, 7) is 2.17. The Bertz CT molecular complexity index is 475. The highest BCUT2D eigenvalue weighted by Gasteiger charge is 2.07. The van der Waals surface area contributed by atoms with Gasteiger partial charge >= 0.3 is 0 Å². The van der Waals surface area contributed by atoms with E-state index in [1.165, 1.54) is 9.75 Å². The Kier molecular flexibility index (Phi) is 3.50. The van der Waals surface area contributed by atoms with E-state index in [-0.39, 0.29) is 0 Å². The SMILES string of the molecule is CCc1ccc(CSc2nnc(N)n2C)s1. The number of hydrogen-bond donors (Lipinski definition) is 1. The van der Waals surface area contributed by atoms with E-state index in [1.807, 2.05) is 18.4 Å². The van der Waals surface area contributed by atoms with Gasteiger partial charge < -0.3 is 5.73 Å². The van der Waals surface area contributed by atoms with E-state index in [4.69, 9.17) is 5.73 Å². The lowest BCUT2D eigenvalue weighted by atomic mass is 10.4. The molecule has 2 rings (SSSR count). The zero-order valence-corrected chi connectivity index (χ0v) is 10.9. The first kappa shape index (κ1) is 11.5. The molecule has 0 saturated heterocycles. The first-order chi connectivity index (χ1) is 7.70. The standard InChI is InChI=1S/C10H14N4S2/c1-3-7-4-5-8(16-7)6-15-10-13-12-9(11)14(10)2/h4-5H,3,6H2,1-2H3,(H2,11,12). The van der Waals surface area contributed by atoms with E-state index in [1.54, 1.807) is 16.3 Å². The van der Waals surface area contributed by atoms with Crippen LogP contribution in [0.3, 0.4) is 0 Å². The predicted molar refractivity (Wildman–Crippen MR) is 68.7 cm³/mol. The smallest absolute Gasteiger partial charge is 0.222 e. The minimum Gasteiger partial charge on any atom is -0.368 e. The Morgan fingerprint density at radius 2 is 2.12 bits per heavy atom. The zero-order valence-electron chi connectivity index (χ0n) is 9.30. The van der Waals surface area contributed by atoms with Crippen molar-refractivity contribution in [2.24, 2.45) is 7.05 Å². The fraction of sp³-hybridized carbons (Fsp3) is 0.400. The van der Waals surface area contributed by atoms with Crippen molar-refractivity contribution in [1.29, 1.82) is 0 Å². The first-order valence-electron chi connectivity index (χ1n) is 5.06. The Morgan fingerprint density at radius 1 is 1.38 bits per heavy atom. The summed E-state index contributed by atoms with van der Waals surface area (Å²) in [5, 5.41) is 8.70. The van der Waals surface area contributed by atoms with E-state index in [2.05, 4.69) is 29.3 Å². The van der Waals surface area contributed by atoms with Crippen molar-refractivity contribution in [3.8, 4) is 0 Å². The molecule has 0 unspecified atom stereocenters. The largest absolute Gasteiger partial charge is 0.368 e. The van der Waals surface area contributed by atoms with Crippen molar-refractivity contribution in [3.63, 3.8) is 0 Å². The molecule has 0 aliphatic rings. The lowest BCUT2D eigenvalue weighted by Crippen LogP contribution is -1.97. The third-order valence-corrected chi connectivity index (χ3v) is 4.76. The molecule has 2 aromatic rings. The van der Waals surface area contributed by atoms with Crippen molar-refractivity contribution in [2.45, 2.75) is 24.3 Å². The zero-order chi connectivity index (χ0) is 11.5. The molecular formula is C10H14N4S2. The number of aromatic nitrogens is 3. The molecule has 2 heterocycles. The summed E-state index contributed by atoms with van der Waals surface area (Å²) >= 11 is 3.52. The fourth-order valence-corrected chi connectivity index (χ4v) is 3.20. The van der Waals surface area contributed by atoms with Crippen LogP contribution >= 0.6 is 23.1 Å². The summed E-state index contributed by atoms with van der Waals surface area (Å²) in [7, 11) is 1.88. The molecular weight excluding hydrogens is 240 g/mol. The van der Waals surface area contributed by atoms with Crippen molar-refractivity contribution in [3.05, 3.63) is 21.9 Å². The normalized spacial score (nSPS) is 10.9. The van der Waals surface area contributed by atoms with Gasteiger partial charge in [-0.3, -0.25) is 4.57 Å². The molecule has 2 aromatic heterocycles. The number of rotatable bonds is 4. The first-order valence-corrected chi connectivity index (χ1v) is 6.86. The minimum atomic E-state index is 0.461. The van der Waals surface area contributed by atoms with Gasteiger partial charge in [-0.15, -0.1) is 21.5 Å². The fourth-order valence-electron chi connectivity index (χ4n) is 1.28. The van der Waals surface area contributed by atoms with Gasteiger partial charge in [0, 0.05) is 22.6 Å². The average molecular weight is 254 g/mol. The van der Waals surface area contributed by atoms with Gasteiger partial charge in [0.1, 0.15) is 0 Å². The quantitative estimate of drug-likeness (QED) is 0.851. The molecule has 4 nitrogen and oxygen atoms in total. The molecule has 0 saturated carbocycles. The van der Waals surface area contributed by atoms with Gasteiger partial charge in [0.25, 0.3) is 0 Å². The van der Waals surface area contributed by atoms with Gasteiger partial charge in [-0.2, -0.15) is 0 Å². The summed E-state index contributed by atoms with van der Waals surface area (Å²) in [4.78, 5) is 2.79. The summed E-state index contributed by atoms with van der Waals surface area (Å²) in [6, 6.07) is 4.36. The highest BCUT2D eigenvalue weighted by molar-refractivity contribution is 7.98. The van der Waals surface area contributed by atoms with Crippen LogP contribution in [0.25, 0.3) is 0 Å².